The number of carbonyl (C=O) groups excluding carboxylic acids is 1. The minimum atomic E-state index is -0.576. The second kappa shape index (κ2) is 6.88. The number of rotatable bonds is 2. The Labute approximate surface area is 127 Å². The molecule has 110 valence electrons. The molecule has 2 N–H and O–H groups in total. The topological polar surface area (TPSA) is 89.5 Å². The molecule has 0 radical (unpaired) electrons. The van der Waals surface area contributed by atoms with Crippen LogP contribution in [0.1, 0.15) is 23.2 Å². The highest BCUT2D eigenvalue weighted by molar-refractivity contribution is 6.31. The van der Waals surface area contributed by atoms with E-state index in [1.54, 1.807) is 4.90 Å². The first-order valence-electron chi connectivity index (χ1n) is 5.98. The SMILES string of the molecule is Cl.N[C@@H]1CCCN(C(=O)c2cc(Cl)ccc2[N+](=O)[O-])C1. The highest BCUT2D eigenvalue weighted by atomic mass is 35.5. The second-order valence-electron chi connectivity index (χ2n) is 4.57. The zero-order valence-electron chi connectivity index (χ0n) is 10.6. The van der Waals surface area contributed by atoms with Gasteiger partial charge in [-0.25, -0.2) is 0 Å². The summed E-state index contributed by atoms with van der Waals surface area (Å²) in [5.74, 6) is -0.385. The largest absolute Gasteiger partial charge is 0.337 e. The fourth-order valence-electron chi connectivity index (χ4n) is 2.20. The summed E-state index contributed by atoms with van der Waals surface area (Å²) < 4.78 is 0. The van der Waals surface area contributed by atoms with Crippen molar-refractivity contribution in [2.75, 3.05) is 13.1 Å². The third-order valence-electron chi connectivity index (χ3n) is 3.13. The molecule has 0 saturated carbocycles. The number of nitro benzene ring substituents is 1. The number of nitro groups is 1. The van der Waals surface area contributed by atoms with Gasteiger partial charge in [0.15, 0.2) is 0 Å². The molecule has 0 aromatic heterocycles. The zero-order chi connectivity index (χ0) is 14.0. The molecule has 8 heteroatoms. The number of halogens is 2. The Hall–Kier alpha value is -1.37. The van der Waals surface area contributed by atoms with Crippen LogP contribution >= 0.6 is 24.0 Å². The molecule has 2 rings (SSSR count). The molecule has 0 bridgehead atoms. The fourth-order valence-corrected chi connectivity index (χ4v) is 2.38. The molecular formula is C12H15Cl2N3O3. The van der Waals surface area contributed by atoms with Gasteiger partial charge in [-0.1, -0.05) is 11.6 Å². The second-order valence-corrected chi connectivity index (χ2v) is 5.01. The molecule has 0 unspecified atom stereocenters. The molecule has 1 saturated heterocycles. The third kappa shape index (κ3) is 3.59. The van der Waals surface area contributed by atoms with Crippen LogP contribution in [0.5, 0.6) is 0 Å². The maximum Gasteiger partial charge on any atom is 0.282 e. The Balaban J connectivity index is 0.00000200. The van der Waals surface area contributed by atoms with Gasteiger partial charge < -0.3 is 10.6 Å². The first-order valence-corrected chi connectivity index (χ1v) is 6.35. The van der Waals surface area contributed by atoms with Gasteiger partial charge in [-0.3, -0.25) is 14.9 Å². The van der Waals surface area contributed by atoms with Crippen molar-refractivity contribution in [3.05, 3.63) is 38.9 Å². The van der Waals surface area contributed by atoms with E-state index in [1.165, 1.54) is 18.2 Å². The molecule has 1 atom stereocenters. The van der Waals surface area contributed by atoms with Crippen LogP contribution < -0.4 is 5.73 Å². The quantitative estimate of drug-likeness (QED) is 0.668. The van der Waals surface area contributed by atoms with Crippen LogP contribution in [0.25, 0.3) is 0 Å². The monoisotopic (exact) mass is 319 g/mol. The maximum absolute atomic E-state index is 12.3. The van der Waals surface area contributed by atoms with E-state index in [4.69, 9.17) is 17.3 Å². The fraction of sp³-hybridized carbons (Fsp3) is 0.417. The average molecular weight is 320 g/mol. The Morgan fingerprint density at radius 1 is 1.50 bits per heavy atom. The summed E-state index contributed by atoms with van der Waals surface area (Å²) in [6.45, 7) is 0.985. The van der Waals surface area contributed by atoms with Crippen molar-refractivity contribution in [2.24, 2.45) is 5.73 Å². The Morgan fingerprint density at radius 3 is 2.80 bits per heavy atom. The Morgan fingerprint density at radius 2 is 2.20 bits per heavy atom. The minimum Gasteiger partial charge on any atom is -0.337 e. The van der Waals surface area contributed by atoms with Crippen molar-refractivity contribution in [3.63, 3.8) is 0 Å². The molecule has 1 aliphatic heterocycles. The van der Waals surface area contributed by atoms with Crippen molar-refractivity contribution in [1.29, 1.82) is 0 Å². The number of hydrogen-bond acceptors (Lipinski definition) is 4. The lowest BCUT2D eigenvalue weighted by atomic mass is 10.0. The summed E-state index contributed by atoms with van der Waals surface area (Å²) in [6.07, 6.45) is 1.67. The molecule has 0 spiro atoms. The van der Waals surface area contributed by atoms with Crippen molar-refractivity contribution in [2.45, 2.75) is 18.9 Å². The van der Waals surface area contributed by atoms with Gasteiger partial charge in [-0.05, 0) is 25.0 Å². The van der Waals surface area contributed by atoms with Crippen LogP contribution in [0.3, 0.4) is 0 Å². The highest BCUT2D eigenvalue weighted by Gasteiger charge is 2.27. The van der Waals surface area contributed by atoms with Gasteiger partial charge in [-0.2, -0.15) is 0 Å². The lowest BCUT2D eigenvalue weighted by Crippen LogP contribution is -2.45. The van der Waals surface area contributed by atoms with Crippen molar-refractivity contribution in [3.8, 4) is 0 Å². The van der Waals surface area contributed by atoms with Gasteiger partial charge in [-0.15, -0.1) is 12.4 Å². The van der Waals surface area contributed by atoms with E-state index in [9.17, 15) is 14.9 Å². The van der Waals surface area contributed by atoms with E-state index < -0.39 is 4.92 Å². The van der Waals surface area contributed by atoms with Crippen LogP contribution in [0, 0.1) is 10.1 Å². The van der Waals surface area contributed by atoms with Gasteiger partial charge in [0.25, 0.3) is 11.6 Å². The number of likely N-dealkylation sites (tertiary alicyclic amines) is 1. The molecule has 1 aromatic rings. The number of benzene rings is 1. The normalized spacial score (nSPS) is 18.3. The first-order chi connectivity index (χ1) is 8.99. The summed E-state index contributed by atoms with van der Waals surface area (Å²) in [6, 6.07) is 3.91. The third-order valence-corrected chi connectivity index (χ3v) is 3.37. The Kier molecular flexibility index (Phi) is 5.74. The van der Waals surface area contributed by atoms with Crippen LogP contribution in [0.4, 0.5) is 5.69 Å². The number of nitrogens with zero attached hydrogens (tertiary/aromatic N) is 2. The molecule has 1 aromatic carbocycles. The van der Waals surface area contributed by atoms with Crippen LogP contribution in [-0.2, 0) is 0 Å². The maximum atomic E-state index is 12.3. The number of nitrogens with two attached hydrogens (primary N) is 1. The summed E-state index contributed by atoms with van der Waals surface area (Å²) in [7, 11) is 0. The molecule has 1 aliphatic rings. The predicted molar refractivity (Wildman–Crippen MR) is 78.5 cm³/mol. The summed E-state index contributed by atoms with van der Waals surface area (Å²) in [5.41, 5.74) is 5.61. The van der Waals surface area contributed by atoms with Gasteiger partial charge >= 0.3 is 0 Å². The van der Waals surface area contributed by atoms with Crippen molar-refractivity contribution < 1.29 is 9.72 Å². The van der Waals surface area contributed by atoms with Gasteiger partial charge in [0.1, 0.15) is 5.56 Å². The number of carbonyl (C=O) groups is 1. The minimum absolute atomic E-state index is 0. The molecule has 20 heavy (non-hydrogen) atoms. The standard InChI is InChI=1S/C12H14ClN3O3.ClH/c13-8-3-4-11(16(18)19)10(6-8)12(17)15-5-1-2-9(14)7-15;/h3-4,6,9H,1-2,5,7,14H2;1H/t9-;/m1./s1. The van der Waals surface area contributed by atoms with E-state index in [0.717, 1.165) is 12.8 Å². The molecular weight excluding hydrogens is 305 g/mol. The number of amides is 1. The van der Waals surface area contributed by atoms with E-state index in [2.05, 4.69) is 0 Å². The number of piperidine rings is 1. The predicted octanol–water partition coefficient (Wildman–Crippen LogP) is 2.23. The van der Waals surface area contributed by atoms with Crippen LogP contribution in [0.15, 0.2) is 18.2 Å². The molecule has 1 amide bonds. The zero-order valence-corrected chi connectivity index (χ0v) is 12.2. The van der Waals surface area contributed by atoms with Gasteiger partial charge in [0.05, 0.1) is 4.92 Å². The van der Waals surface area contributed by atoms with Crippen LogP contribution in [-0.4, -0.2) is 34.9 Å². The molecule has 1 fully saturated rings. The van der Waals surface area contributed by atoms with Gasteiger partial charge in [0.2, 0.25) is 0 Å². The van der Waals surface area contributed by atoms with Crippen molar-refractivity contribution >= 4 is 35.6 Å². The molecule has 6 nitrogen and oxygen atoms in total. The summed E-state index contributed by atoms with van der Waals surface area (Å²) in [5, 5.41) is 11.3. The lowest BCUT2D eigenvalue weighted by molar-refractivity contribution is -0.385. The molecule has 0 aliphatic carbocycles. The number of hydrogen-bond donors (Lipinski definition) is 1. The summed E-state index contributed by atoms with van der Waals surface area (Å²) in [4.78, 5) is 24.3. The lowest BCUT2D eigenvalue weighted by Gasteiger charge is -2.30. The van der Waals surface area contributed by atoms with E-state index in [0.29, 0.717) is 18.1 Å². The van der Waals surface area contributed by atoms with E-state index >= 15 is 0 Å². The highest BCUT2D eigenvalue weighted by Crippen LogP contribution is 2.25. The van der Waals surface area contributed by atoms with E-state index in [1.807, 2.05) is 0 Å². The first kappa shape index (κ1) is 16.7. The van der Waals surface area contributed by atoms with Gasteiger partial charge in [0, 0.05) is 30.2 Å². The summed E-state index contributed by atoms with van der Waals surface area (Å²) >= 11 is 5.82. The average Bonchev–Trinajstić information content (AvgIpc) is 2.37. The van der Waals surface area contributed by atoms with Crippen molar-refractivity contribution in [1.82, 2.24) is 4.90 Å². The van der Waals surface area contributed by atoms with Crippen LogP contribution in [0.2, 0.25) is 5.02 Å². The Bertz CT molecular complexity index is 525. The van der Waals surface area contributed by atoms with E-state index in [-0.39, 0.29) is 35.6 Å². The molecule has 1 heterocycles. The smallest absolute Gasteiger partial charge is 0.282 e.